The molecule has 3 aromatic heterocycles. The highest BCUT2D eigenvalue weighted by atomic mass is 16.2. The van der Waals surface area contributed by atoms with E-state index in [1.807, 2.05) is 18.2 Å². The Labute approximate surface area is 191 Å². The van der Waals surface area contributed by atoms with E-state index < -0.39 is 11.8 Å². The molecule has 4 aromatic rings. The zero-order valence-corrected chi connectivity index (χ0v) is 19.5. The molecule has 1 aromatic carbocycles. The summed E-state index contributed by atoms with van der Waals surface area (Å²) >= 11 is 0. The third kappa shape index (κ3) is 3.99. The predicted octanol–water partition coefficient (Wildman–Crippen LogP) is 3.60. The maximum Gasteiger partial charge on any atom is 0.265 e. The Balaban J connectivity index is 2.01. The van der Waals surface area contributed by atoms with Crippen LogP contribution in [-0.4, -0.2) is 36.0 Å². The number of carbonyl (C=O) groups is 2. The van der Waals surface area contributed by atoms with Crippen molar-refractivity contribution in [1.29, 1.82) is 0 Å². The SMILES string of the molecule is CCCCCCCn1c(C)nc2c(c1=O)c1nc3ccccc3nc1n2N(C(C)=O)C(C)=O. The molecule has 33 heavy (non-hydrogen) atoms. The third-order valence-corrected chi connectivity index (χ3v) is 5.81. The zero-order valence-electron chi connectivity index (χ0n) is 19.5. The lowest BCUT2D eigenvalue weighted by molar-refractivity contribution is -0.126. The van der Waals surface area contributed by atoms with Gasteiger partial charge in [0.15, 0.2) is 11.3 Å². The van der Waals surface area contributed by atoms with Gasteiger partial charge in [-0.05, 0) is 25.5 Å². The van der Waals surface area contributed by atoms with Crippen LogP contribution in [0.1, 0.15) is 58.7 Å². The highest BCUT2D eigenvalue weighted by molar-refractivity contribution is 6.12. The van der Waals surface area contributed by atoms with Crippen LogP contribution in [0.15, 0.2) is 29.1 Å². The van der Waals surface area contributed by atoms with Crippen molar-refractivity contribution in [2.75, 3.05) is 5.01 Å². The minimum Gasteiger partial charge on any atom is -0.296 e. The van der Waals surface area contributed by atoms with Gasteiger partial charge in [-0.25, -0.2) is 19.6 Å². The number of rotatable bonds is 7. The van der Waals surface area contributed by atoms with Crippen LogP contribution in [0.25, 0.3) is 33.2 Å². The van der Waals surface area contributed by atoms with E-state index in [1.165, 1.54) is 24.9 Å². The average molecular weight is 449 g/mol. The average Bonchev–Trinajstić information content (AvgIpc) is 3.06. The second kappa shape index (κ2) is 9.09. The Bertz CT molecular complexity index is 1420. The third-order valence-electron chi connectivity index (χ3n) is 5.81. The van der Waals surface area contributed by atoms with E-state index in [0.717, 1.165) is 30.7 Å². The van der Waals surface area contributed by atoms with Crippen molar-refractivity contribution >= 4 is 45.0 Å². The van der Waals surface area contributed by atoms with E-state index in [9.17, 15) is 14.4 Å². The lowest BCUT2D eigenvalue weighted by Crippen LogP contribution is -2.43. The van der Waals surface area contributed by atoms with E-state index in [4.69, 9.17) is 4.98 Å². The molecule has 0 aliphatic rings. The predicted molar refractivity (Wildman–Crippen MR) is 128 cm³/mol. The molecular formula is C24H28N6O3. The second-order valence-corrected chi connectivity index (χ2v) is 8.27. The first-order valence-electron chi connectivity index (χ1n) is 11.3. The van der Waals surface area contributed by atoms with Gasteiger partial charge in [0.25, 0.3) is 5.56 Å². The molecule has 0 unspecified atom stereocenters. The number of nitrogens with zero attached hydrogens (tertiary/aromatic N) is 6. The molecule has 2 amide bonds. The standard InChI is InChI=1S/C24H28N6O3/c1-5-6-7-8-11-14-28-15(2)25-22-20(24(28)33)21-23(30(22)29(16(3)31)17(4)32)27-19-13-10-9-12-18(19)26-21/h9-10,12-13H,5-8,11,14H2,1-4H3. The minimum atomic E-state index is -0.504. The lowest BCUT2D eigenvalue weighted by Gasteiger charge is -2.19. The first-order chi connectivity index (χ1) is 15.8. The molecule has 0 bridgehead atoms. The summed E-state index contributed by atoms with van der Waals surface area (Å²) in [6.45, 7) is 7.06. The van der Waals surface area contributed by atoms with Crippen molar-refractivity contribution in [1.82, 2.24) is 24.2 Å². The van der Waals surface area contributed by atoms with Crippen LogP contribution >= 0.6 is 0 Å². The number of aryl methyl sites for hydroxylation is 1. The summed E-state index contributed by atoms with van der Waals surface area (Å²) in [5.41, 5.74) is 1.75. The summed E-state index contributed by atoms with van der Waals surface area (Å²) in [5, 5.41) is 1.21. The maximum absolute atomic E-state index is 13.6. The Hall–Kier alpha value is -3.62. The van der Waals surface area contributed by atoms with Crippen molar-refractivity contribution in [2.24, 2.45) is 0 Å². The van der Waals surface area contributed by atoms with Gasteiger partial charge in [-0.15, -0.1) is 0 Å². The molecule has 0 atom stereocenters. The Morgan fingerprint density at radius 2 is 1.55 bits per heavy atom. The molecule has 0 radical (unpaired) electrons. The molecule has 0 saturated heterocycles. The fraction of sp³-hybridized carbons (Fsp3) is 0.417. The number of carbonyl (C=O) groups excluding carboxylic acids is 2. The van der Waals surface area contributed by atoms with Crippen molar-refractivity contribution in [3.05, 3.63) is 40.4 Å². The first-order valence-corrected chi connectivity index (χ1v) is 11.3. The van der Waals surface area contributed by atoms with Gasteiger partial charge >= 0.3 is 0 Å². The molecule has 0 spiro atoms. The highest BCUT2D eigenvalue weighted by Crippen LogP contribution is 2.26. The summed E-state index contributed by atoms with van der Waals surface area (Å²) in [4.78, 5) is 52.5. The summed E-state index contributed by atoms with van der Waals surface area (Å²) in [7, 11) is 0. The number of imide groups is 1. The van der Waals surface area contributed by atoms with Crippen molar-refractivity contribution in [3.8, 4) is 0 Å². The van der Waals surface area contributed by atoms with Crippen LogP contribution in [-0.2, 0) is 16.1 Å². The number of fused-ring (bicyclic) bond motifs is 4. The monoisotopic (exact) mass is 448 g/mol. The van der Waals surface area contributed by atoms with E-state index in [1.54, 1.807) is 17.6 Å². The van der Waals surface area contributed by atoms with Crippen LogP contribution in [0.4, 0.5) is 0 Å². The molecule has 0 aliphatic heterocycles. The van der Waals surface area contributed by atoms with Crippen molar-refractivity contribution in [3.63, 3.8) is 0 Å². The van der Waals surface area contributed by atoms with Gasteiger partial charge in [-0.2, -0.15) is 5.01 Å². The molecule has 0 fully saturated rings. The van der Waals surface area contributed by atoms with E-state index in [0.29, 0.717) is 28.9 Å². The van der Waals surface area contributed by atoms with Gasteiger partial charge in [0.1, 0.15) is 16.7 Å². The van der Waals surface area contributed by atoms with Crippen molar-refractivity contribution in [2.45, 2.75) is 66.3 Å². The van der Waals surface area contributed by atoms with Crippen LogP contribution in [0.3, 0.4) is 0 Å². The second-order valence-electron chi connectivity index (χ2n) is 8.27. The zero-order chi connectivity index (χ0) is 23.7. The Kier molecular flexibility index (Phi) is 6.22. The van der Waals surface area contributed by atoms with Gasteiger partial charge in [0.2, 0.25) is 11.8 Å². The Morgan fingerprint density at radius 3 is 2.18 bits per heavy atom. The normalized spacial score (nSPS) is 11.5. The molecule has 0 saturated carbocycles. The summed E-state index contributed by atoms with van der Waals surface area (Å²) in [6, 6.07) is 7.28. The smallest absolute Gasteiger partial charge is 0.265 e. The quantitative estimate of drug-likeness (QED) is 0.400. The fourth-order valence-electron chi connectivity index (χ4n) is 4.24. The molecule has 9 nitrogen and oxygen atoms in total. The number of unbranched alkanes of at least 4 members (excludes halogenated alkanes) is 4. The van der Waals surface area contributed by atoms with Gasteiger partial charge < -0.3 is 0 Å². The van der Waals surface area contributed by atoms with Crippen LogP contribution in [0, 0.1) is 6.92 Å². The number of hydrogen-bond donors (Lipinski definition) is 0. The Morgan fingerprint density at radius 1 is 0.909 bits per heavy atom. The number of para-hydroxylation sites is 2. The highest BCUT2D eigenvalue weighted by Gasteiger charge is 2.27. The summed E-state index contributed by atoms with van der Waals surface area (Å²) in [6.07, 6.45) is 5.36. The summed E-state index contributed by atoms with van der Waals surface area (Å²) in [5.74, 6) is -0.490. The van der Waals surface area contributed by atoms with E-state index in [-0.39, 0.29) is 22.2 Å². The number of aromatic nitrogens is 5. The first kappa shape index (κ1) is 22.6. The van der Waals surface area contributed by atoms with Crippen LogP contribution in [0.2, 0.25) is 0 Å². The molecule has 0 aliphatic carbocycles. The molecule has 172 valence electrons. The van der Waals surface area contributed by atoms with Crippen LogP contribution < -0.4 is 10.6 Å². The number of benzene rings is 1. The van der Waals surface area contributed by atoms with Crippen molar-refractivity contribution < 1.29 is 9.59 Å². The molecule has 3 heterocycles. The number of amides is 2. The number of hydrogen-bond acceptors (Lipinski definition) is 6. The molecule has 4 rings (SSSR count). The van der Waals surface area contributed by atoms with Gasteiger partial charge in [0, 0.05) is 20.4 Å². The topological polar surface area (TPSA) is 103 Å². The lowest BCUT2D eigenvalue weighted by atomic mass is 10.1. The fourth-order valence-corrected chi connectivity index (χ4v) is 4.24. The van der Waals surface area contributed by atoms with Gasteiger partial charge in [-0.3, -0.25) is 19.0 Å². The van der Waals surface area contributed by atoms with E-state index >= 15 is 0 Å². The molecule has 0 N–H and O–H groups in total. The van der Waals surface area contributed by atoms with Gasteiger partial charge in [0.05, 0.1) is 11.0 Å². The molecule has 9 heteroatoms. The largest absolute Gasteiger partial charge is 0.296 e. The summed E-state index contributed by atoms with van der Waals surface area (Å²) < 4.78 is 2.98. The minimum absolute atomic E-state index is 0.204. The van der Waals surface area contributed by atoms with Crippen LogP contribution in [0.5, 0.6) is 0 Å². The maximum atomic E-state index is 13.6. The molecular weight excluding hydrogens is 420 g/mol. The van der Waals surface area contributed by atoms with Gasteiger partial charge in [-0.1, -0.05) is 44.7 Å². The van der Waals surface area contributed by atoms with E-state index in [2.05, 4.69) is 16.9 Å².